The molecule has 1 aliphatic heterocycles. The van der Waals surface area contributed by atoms with Gasteiger partial charge in [-0.05, 0) is 18.9 Å². The Hall–Kier alpha value is -2.48. The number of aryl methyl sites for hydroxylation is 1. The molecule has 1 fully saturated rings. The molecule has 1 amide bonds. The van der Waals surface area contributed by atoms with Crippen LogP contribution in [-0.4, -0.2) is 51.1 Å². The van der Waals surface area contributed by atoms with Crippen LogP contribution in [0.5, 0.6) is 0 Å². The van der Waals surface area contributed by atoms with E-state index in [1.807, 2.05) is 13.8 Å². The number of carbonyl (C=O) groups excluding carboxylic acids is 1. The summed E-state index contributed by atoms with van der Waals surface area (Å²) in [6.07, 6.45) is 3.04. The second-order valence-electron chi connectivity index (χ2n) is 6.16. The quantitative estimate of drug-likeness (QED) is 0.881. The number of amides is 1. The first kappa shape index (κ1) is 17.3. The number of rotatable bonds is 4. The summed E-state index contributed by atoms with van der Waals surface area (Å²) in [4.78, 5) is 45.1. The average Bonchev–Trinajstić information content (AvgIpc) is 2.64. The fourth-order valence-electron chi connectivity index (χ4n) is 3.05. The number of ether oxygens (including phenoxy) is 1. The van der Waals surface area contributed by atoms with Crippen LogP contribution in [0.2, 0.25) is 0 Å². The van der Waals surface area contributed by atoms with Crippen molar-refractivity contribution in [3.8, 4) is 0 Å². The van der Waals surface area contributed by atoms with Gasteiger partial charge in [-0.2, -0.15) is 0 Å². The maximum Gasteiger partial charge on any atom is 0.329 e. The minimum atomic E-state index is -0.525. The fraction of sp³-hybridized carbons (Fsp3) is 0.529. The number of fused-ring (bicyclic) bond motifs is 1. The molecule has 3 rings (SSSR count). The van der Waals surface area contributed by atoms with Crippen LogP contribution in [0.25, 0.3) is 11.0 Å². The Kier molecular flexibility index (Phi) is 4.98. The number of hydrogen-bond acceptors (Lipinski definition) is 5. The Bertz CT molecular complexity index is 902. The molecule has 1 N–H and O–H groups in total. The molecule has 25 heavy (non-hydrogen) atoms. The standard InChI is InChI=1S/C17H22N4O4/c1-3-5-21-14-13(15(22)19-17(21)24)8-11(9-18-14)16(23)20-6-7-25-12(4-2)10-20/h8-9,12H,3-7,10H2,1-2H3,(H,19,22,24)/t12-/m0/s1. The molecule has 8 nitrogen and oxygen atoms in total. The maximum atomic E-state index is 12.7. The topological polar surface area (TPSA) is 97.3 Å². The lowest BCUT2D eigenvalue weighted by atomic mass is 10.1. The summed E-state index contributed by atoms with van der Waals surface area (Å²) < 4.78 is 7.01. The number of aromatic amines is 1. The van der Waals surface area contributed by atoms with Gasteiger partial charge < -0.3 is 9.64 Å². The SMILES string of the molecule is CCCn1c(=O)[nH]c(=O)c2cc(C(=O)N3CCO[C@@H](CC)C3)cnc21. The minimum absolute atomic E-state index is 0.0317. The van der Waals surface area contributed by atoms with Crippen molar-refractivity contribution < 1.29 is 9.53 Å². The van der Waals surface area contributed by atoms with Crippen molar-refractivity contribution in [2.45, 2.75) is 39.3 Å². The molecule has 0 unspecified atom stereocenters. The summed E-state index contributed by atoms with van der Waals surface area (Å²) in [5.74, 6) is -0.177. The van der Waals surface area contributed by atoms with Crippen LogP contribution in [0.1, 0.15) is 37.0 Å². The molecule has 1 saturated heterocycles. The van der Waals surface area contributed by atoms with Crippen molar-refractivity contribution in [1.82, 2.24) is 19.4 Å². The van der Waals surface area contributed by atoms with Gasteiger partial charge in [0.2, 0.25) is 0 Å². The van der Waals surface area contributed by atoms with Crippen molar-refractivity contribution in [2.24, 2.45) is 0 Å². The van der Waals surface area contributed by atoms with Crippen molar-refractivity contribution >= 4 is 16.9 Å². The molecule has 0 aliphatic carbocycles. The molecule has 0 aromatic carbocycles. The maximum absolute atomic E-state index is 12.7. The molecule has 134 valence electrons. The highest BCUT2D eigenvalue weighted by atomic mass is 16.5. The summed E-state index contributed by atoms with van der Waals surface area (Å²) in [5.41, 5.74) is -0.357. The molecular formula is C17H22N4O4. The number of hydrogen-bond donors (Lipinski definition) is 1. The van der Waals surface area contributed by atoms with Crippen LogP contribution >= 0.6 is 0 Å². The van der Waals surface area contributed by atoms with Gasteiger partial charge in [-0.25, -0.2) is 9.78 Å². The molecule has 3 heterocycles. The Morgan fingerprint density at radius 1 is 1.40 bits per heavy atom. The van der Waals surface area contributed by atoms with Gasteiger partial charge in [0.25, 0.3) is 11.5 Å². The van der Waals surface area contributed by atoms with Gasteiger partial charge in [-0.15, -0.1) is 0 Å². The molecule has 2 aromatic rings. The zero-order valence-corrected chi connectivity index (χ0v) is 14.4. The number of morpholine rings is 1. The summed E-state index contributed by atoms with van der Waals surface area (Å²) in [6.45, 7) is 5.95. The van der Waals surface area contributed by atoms with E-state index in [-0.39, 0.29) is 17.4 Å². The molecule has 0 saturated carbocycles. The first-order valence-electron chi connectivity index (χ1n) is 8.58. The van der Waals surface area contributed by atoms with E-state index in [1.165, 1.54) is 16.8 Å². The lowest BCUT2D eigenvalue weighted by molar-refractivity contribution is -0.0226. The minimum Gasteiger partial charge on any atom is -0.375 e. The highest BCUT2D eigenvalue weighted by molar-refractivity contribution is 5.96. The average molecular weight is 346 g/mol. The predicted octanol–water partition coefficient (Wildman–Crippen LogP) is 0.746. The van der Waals surface area contributed by atoms with E-state index < -0.39 is 11.2 Å². The monoisotopic (exact) mass is 346 g/mol. The van der Waals surface area contributed by atoms with E-state index in [2.05, 4.69) is 9.97 Å². The summed E-state index contributed by atoms with van der Waals surface area (Å²) in [6, 6.07) is 1.52. The second kappa shape index (κ2) is 7.18. The Morgan fingerprint density at radius 3 is 2.92 bits per heavy atom. The normalized spacial score (nSPS) is 17.8. The van der Waals surface area contributed by atoms with Crippen molar-refractivity contribution in [3.05, 3.63) is 38.7 Å². The number of carbonyl (C=O) groups is 1. The predicted molar refractivity (Wildman–Crippen MR) is 92.8 cm³/mol. The molecule has 0 spiro atoms. The van der Waals surface area contributed by atoms with E-state index in [9.17, 15) is 14.4 Å². The third kappa shape index (κ3) is 3.34. The van der Waals surface area contributed by atoms with E-state index in [0.717, 1.165) is 12.8 Å². The largest absolute Gasteiger partial charge is 0.375 e. The molecule has 2 aromatic heterocycles. The first-order chi connectivity index (χ1) is 12.0. The molecule has 0 bridgehead atoms. The van der Waals surface area contributed by atoms with Crippen LogP contribution in [0, 0.1) is 0 Å². The van der Waals surface area contributed by atoms with Crippen LogP contribution in [0.4, 0.5) is 0 Å². The molecule has 1 atom stereocenters. The second-order valence-corrected chi connectivity index (χ2v) is 6.16. The highest BCUT2D eigenvalue weighted by Gasteiger charge is 2.24. The van der Waals surface area contributed by atoms with Crippen molar-refractivity contribution in [3.63, 3.8) is 0 Å². The van der Waals surface area contributed by atoms with E-state index in [4.69, 9.17) is 4.74 Å². The lowest BCUT2D eigenvalue weighted by Crippen LogP contribution is -2.45. The van der Waals surface area contributed by atoms with Gasteiger partial charge >= 0.3 is 5.69 Å². The lowest BCUT2D eigenvalue weighted by Gasteiger charge is -2.32. The van der Waals surface area contributed by atoms with Gasteiger partial charge in [-0.1, -0.05) is 13.8 Å². The highest BCUT2D eigenvalue weighted by Crippen LogP contribution is 2.14. The van der Waals surface area contributed by atoms with Gasteiger partial charge in [0.05, 0.1) is 23.7 Å². The van der Waals surface area contributed by atoms with Gasteiger partial charge in [0.1, 0.15) is 5.65 Å². The number of nitrogens with one attached hydrogen (secondary N) is 1. The van der Waals surface area contributed by atoms with Crippen LogP contribution in [-0.2, 0) is 11.3 Å². The number of H-pyrrole nitrogens is 1. The summed E-state index contributed by atoms with van der Waals surface area (Å²) in [7, 11) is 0. The summed E-state index contributed by atoms with van der Waals surface area (Å²) in [5, 5.41) is 0.249. The molecular weight excluding hydrogens is 324 g/mol. The Morgan fingerprint density at radius 2 is 2.20 bits per heavy atom. The zero-order chi connectivity index (χ0) is 18.0. The van der Waals surface area contributed by atoms with Crippen LogP contribution in [0.3, 0.4) is 0 Å². The van der Waals surface area contributed by atoms with E-state index in [1.54, 1.807) is 4.90 Å². The Balaban J connectivity index is 2.00. The van der Waals surface area contributed by atoms with Crippen LogP contribution in [0.15, 0.2) is 21.9 Å². The smallest absolute Gasteiger partial charge is 0.329 e. The number of nitrogens with zero attached hydrogens (tertiary/aromatic N) is 3. The van der Waals surface area contributed by atoms with Gasteiger partial charge in [0, 0.05) is 25.8 Å². The Labute approximate surface area is 144 Å². The van der Waals surface area contributed by atoms with E-state index in [0.29, 0.717) is 37.5 Å². The van der Waals surface area contributed by atoms with Crippen LogP contribution < -0.4 is 11.2 Å². The molecule has 8 heteroatoms. The fourth-order valence-corrected chi connectivity index (χ4v) is 3.05. The molecule has 1 aliphatic rings. The first-order valence-corrected chi connectivity index (χ1v) is 8.58. The van der Waals surface area contributed by atoms with Gasteiger partial charge in [0.15, 0.2) is 0 Å². The molecule has 0 radical (unpaired) electrons. The number of pyridine rings is 1. The van der Waals surface area contributed by atoms with Gasteiger partial charge in [-0.3, -0.25) is 19.1 Å². The third-order valence-corrected chi connectivity index (χ3v) is 4.41. The van der Waals surface area contributed by atoms with Crippen molar-refractivity contribution in [2.75, 3.05) is 19.7 Å². The third-order valence-electron chi connectivity index (χ3n) is 4.41. The summed E-state index contributed by atoms with van der Waals surface area (Å²) >= 11 is 0. The number of aromatic nitrogens is 3. The zero-order valence-electron chi connectivity index (χ0n) is 14.4. The van der Waals surface area contributed by atoms with Crippen molar-refractivity contribution in [1.29, 1.82) is 0 Å². The van der Waals surface area contributed by atoms with E-state index >= 15 is 0 Å².